The minimum absolute atomic E-state index is 0.000907. The van der Waals surface area contributed by atoms with E-state index in [0.29, 0.717) is 18.8 Å². The van der Waals surface area contributed by atoms with Crippen molar-refractivity contribution < 1.29 is 18.8 Å². The number of ether oxygens (including phenoxy) is 1. The van der Waals surface area contributed by atoms with Crippen LogP contribution in [0.4, 0.5) is 4.79 Å². The summed E-state index contributed by atoms with van der Waals surface area (Å²) in [6, 6.07) is 0.0131. The van der Waals surface area contributed by atoms with E-state index in [2.05, 4.69) is 45.4 Å². The molecule has 2 heterocycles. The van der Waals surface area contributed by atoms with Crippen molar-refractivity contribution in [1.29, 1.82) is 0 Å². The van der Waals surface area contributed by atoms with Gasteiger partial charge in [0.25, 0.3) is 0 Å². The summed E-state index contributed by atoms with van der Waals surface area (Å²) in [5.41, 5.74) is 5.78. The van der Waals surface area contributed by atoms with Crippen LogP contribution in [0.1, 0.15) is 39.3 Å². The number of carbonyl (C=O) groups excluding carboxylic acids is 2. The van der Waals surface area contributed by atoms with Gasteiger partial charge in [-0.3, -0.25) is 4.79 Å². The molecule has 2 atom stereocenters. The Balaban J connectivity index is 2.06. The van der Waals surface area contributed by atoms with Gasteiger partial charge < -0.3 is 24.4 Å². The highest BCUT2D eigenvalue weighted by atomic mass is 28.4. The lowest BCUT2D eigenvalue weighted by atomic mass is 10.1. The van der Waals surface area contributed by atoms with Gasteiger partial charge in [0.2, 0.25) is 5.91 Å². The first kappa shape index (κ1) is 24.9. The third kappa shape index (κ3) is 7.07. The predicted molar refractivity (Wildman–Crippen MR) is 124 cm³/mol. The molecule has 1 aliphatic heterocycles. The van der Waals surface area contributed by atoms with E-state index in [9.17, 15) is 9.59 Å². The molecule has 31 heavy (non-hydrogen) atoms. The van der Waals surface area contributed by atoms with Gasteiger partial charge in [-0.2, -0.15) is 0 Å². The second-order valence-electron chi connectivity index (χ2n) is 9.47. The van der Waals surface area contributed by atoms with E-state index in [1.165, 1.54) is 6.08 Å². The molecule has 0 unspecified atom stereocenters. The zero-order chi connectivity index (χ0) is 23.2. The molecule has 1 saturated heterocycles. The molecule has 0 radical (unpaired) electrons. The number of nitrogens with zero attached hydrogens (tertiary/aromatic N) is 3. The van der Waals surface area contributed by atoms with E-state index in [1.807, 2.05) is 10.8 Å². The molecule has 172 valence electrons. The number of aromatic nitrogens is 2. The molecule has 0 bridgehead atoms. The Kier molecular flexibility index (Phi) is 8.25. The molecule has 8 nitrogen and oxygen atoms in total. The minimum atomic E-state index is -1.95. The average molecular weight is 449 g/mol. The molecule has 1 fully saturated rings. The quantitative estimate of drug-likeness (QED) is 0.354. The van der Waals surface area contributed by atoms with Crippen molar-refractivity contribution in [3.05, 3.63) is 36.9 Å². The Hall–Kier alpha value is -2.39. The molecule has 1 aliphatic rings. The van der Waals surface area contributed by atoms with Crippen LogP contribution in [0.25, 0.3) is 6.08 Å². The average Bonchev–Trinajstić information content (AvgIpc) is 3.28. The van der Waals surface area contributed by atoms with Gasteiger partial charge in [0, 0.05) is 31.4 Å². The number of nitrogens with two attached hydrogens (primary N) is 1. The molecule has 0 aliphatic carbocycles. The second kappa shape index (κ2) is 10.3. The first-order valence-electron chi connectivity index (χ1n) is 10.6. The van der Waals surface area contributed by atoms with Crippen LogP contribution < -0.4 is 5.73 Å². The predicted octanol–water partition coefficient (Wildman–Crippen LogP) is 3.56. The van der Waals surface area contributed by atoms with E-state index >= 15 is 0 Å². The number of hydrogen-bond donors (Lipinski definition) is 1. The summed E-state index contributed by atoms with van der Waals surface area (Å²) in [4.78, 5) is 29.5. The lowest BCUT2D eigenvalue weighted by molar-refractivity contribution is -0.113. The summed E-state index contributed by atoms with van der Waals surface area (Å²) in [5, 5.41) is 0.102. The second-order valence-corrected chi connectivity index (χ2v) is 14.2. The van der Waals surface area contributed by atoms with E-state index in [0.717, 1.165) is 12.8 Å². The highest BCUT2D eigenvalue weighted by Crippen LogP contribution is 2.39. The van der Waals surface area contributed by atoms with E-state index in [-0.39, 0.29) is 29.9 Å². The monoisotopic (exact) mass is 448 g/mol. The molecule has 0 saturated carbocycles. The molecule has 2 rings (SSSR count). The van der Waals surface area contributed by atoms with Crippen molar-refractivity contribution in [2.45, 2.75) is 70.4 Å². The fraction of sp³-hybridized carbons (Fsp3) is 0.591. The van der Waals surface area contributed by atoms with Crippen molar-refractivity contribution in [3.63, 3.8) is 0 Å². The van der Waals surface area contributed by atoms with E-state index in [4.69, 9.17) is 14.9 Å². The lowest BCUT2D eigenvalue weighted by Crippen LogP contribution is -2.44. The normalized spacial score (nSPS) is 19.7. The third-order valence-electron chi connectivity index (χ3n) is 5.99. The topological polar surface area (TPSA) is 99.7 Å². The van der Waals surface area contributed by atoms with Gasteiger partial charge in [-0.15, -0.1) is 0 Å². The fourth-order valence-electron chi connectivity index (χ4n) is 3.31. The zero-order valence-electron chi connectivity index (χ0n) is 19.3. The van der Waals surface area contributed by atoms with Crippen LogP contribution >= 0.6 is 0 Å². The molecule has 2 N–H and O–H groups in total. The first-order chi connectivity index (χ1) is 14.4. The number of carbonyl (C=O) groups is 2. The van der Waals surface area contributed by atoms with Crippen LogP contribution in [0, 0.1) is 0 Å². The van der Waals surface area contributed by atoms with Gasteiger partial charge in [-0.1, -0.05) is 33.4 Å². The highest BCUT2D eigenvalue weighted by Gasteiger charge is 2.43. The summed E-state index contributed by atoms with van der Waals surface area (Å²) < 4.78 is 13.8. The molecule has 1 aromatic rings. The van der Waals surface area contributed by atoms with Crippen LogP contribution in [-0.4, -0.2) is 60.1 Å². The highest BCUT2D eigenvalue weighted by molar-refractivity contribution is 6.74. The maximum atomic E-state index is 12.6. The maximum Gasteiger partial charge on any atom is 0.410 e. The third-order valence-corrected chi connectivity index (χ3v) is 10.5. The Bertz CT molecular complexity index is 813. The molecule has 2 amide bonds. The smallest absolute Gasteiger partial charge is 0.410 e. The van der Waals surface area contributed by atoms with Crippen molar-refractivity contribution in [2.75, 3.05) is 13.2 Å². The molecule has 0 aromatic carbocycles. The Morgan fingerprint density at radius 2 is 2.10 bits per heavy atom. The van der Waals surface area contributed by atoms with Gasteiger partial charge in [-0.05, 0) is 37.0 Å². The standard InChI is InChI=1S/C22H36N4O4Si/c1-7-12-29-21(28)26-15-19(30-31(5,6)22(2,3)4)13-18(26)10-11-25-14-17(24-16-25)8-9-20(23)27/h7-9,14,16,18-19H,1,10-13,15H2,2-6H3,(H2,23,27)/t18-,19-/m1/s1. The van der Waals surface area contributed by atoms with Gasteiger partial charge in [0.1, 0.15) is 6.61 Å². The van der Waals surface area contributed by atoms with E-state index in [1.54, 1.807) is 23.4 Å². The fourth-order valence-corrected chi connectivity index (χ4v) is 4.67. The van der Waals surface area contributed by atoms with Crippen molar-refractivity contribution in [3.8, 4) is 0 Å². The Morgan fingerprint density at radius 3 is 2.71 bits per heavy atom. The molecular formula is C22H36N4O4Si. The van der Waals surface area contributed by atoms with Gasteiger partial charge in [0.15, 0.2) is 8.32 Å². The SMILES string of the molecule is C=CCOC(=O)N1C[C@H](O[Si](C)(C)C(C)(C)C)C[C@H]1CCn1cnc(C=CC(N)=O)c1. The van der Waals surface area contributed by atoms with Crippen molar-refractivity contribution in [2.24, 2.45) is 5.73 Å². The molecule has 9 heteroatoms. The van der Waals surface area contributed by atoms with Crippen LogP contribution in [0.3, 0.4) is 0 Å². The summed E-state index contributed by atoms with van der Waals surface area (Å²) in [5.74, 6) is -0.512. The summed E-state index contributed by atoms with van der Waals surface area (Å²) in [6.07, 6.45) is 9.17. The van der Waals surface area contributed by atoms with Crippen LogP contribution in [-0.2, 0) is 20.5 Å². The largest absolute Gasteiger partial charge is 0.445 e. The summed E-state index contributed by atoms with van der Waals surface area (Å²) in [6.45, 7) is 16.1. The van der Waals surface area contributed by atoms with Crippen molar-refractivity contribution in [1.82, 2.24) is 14.5 Å². The van der Waals surface area contributed by atoms with Gasteiger partial charge >= 0.3 is 6.09 Å². The zero-order valence-corrected chi connectivity index (χ0v) is 20.3. The number of imidazole rings is 1. The lowest BCUT2D eigenvalue weighted by Gasteiger charge is -2.38. The number of primary amides is 1. The van der Waals surface area contributed by atoms with Crippen LogP contribution in [0.2, 0.25) is 18.1 Å². The van der Waals surface area contributed by atoms with E-state index < -0.39 is 14.2 Å². The number of likely N-dealkylation sites (tertiary alicyclic amines) is 1. The van der Waals surface area contributed by atoms with Crippen molar-refractivity contribution >= 4 is 26.4 Å². The summed E-state index contributed by atoms with van der Waals surface area (Å²) >= 11 is 0. The van der Waals surface area contributed by atoms with Crippen LogP contribution in [0.5, 0.6) is 0 Å². The molecule has 0 spiro atoms. The Morgan fingerprint density at radius 1 is 1.39 bits per heavy atom. The number of hydrogen-bond acceptors (Lipinski definition) is 5. The van der Waals surface area contributed by atoms with Crippen LogP contribution in [0.15, 0.2) is 31.3 Å². The number of amides is 2. The summed E-state index contributed by atoms with van der Waals surface area (Å²) in [7, 11) is -1.95. The molecule has 1 aromatic heterocycles. The minimum Gasteiger partial charge on any atom is -0.445 e. The number of aryl methyl sites for hydroxylation is 1. The Labute approximate surface area is 186 Å². The maximum absolute atomic E-state index is 12.6. The van der Waals surface area contributed by atoms with Gasteiger partial charge in [-0.25, -0.2) is 9.78 Å². The molecular weight excluding hydrogens is 412 g/mol. The van der Waals surface area contributed by atoms with Gasteiger partial charge in [0.05, 0.1) is 18.1 Å². The first-order valence-corrected chi connectivity index (χ1v) is 13.5. The number of rotatable bonds is 9.